The summed E-state index contributed by atoms with van der Waals surface area (Å²) < 4.78 is 17.4. The van der Waals surface area contributed by atoms with E-state index in [9.17, 15) is 4.79 Å². The van der Waals surface area contributed by atoms with E-state index in [2.05, 4.69) is 37.0 Å². The predicted molar refractivity (Wildman–Crippen MR) is 110 cm³/mol. The van der Waals surface area contributed by atoms with Crippen molar-refractivity contribution in [3.05, 3.63) is 50.9 Å². The van der Waals surface area contributed by atoms with Gasteiger partial charge in [-0.05, 0) is 87.7 Å². The van der Waals surface area contributed by atoms with Crippen molar-refractivity contribution in [1.29, 1.82) is 0 Å². The van der Waals surface area contributed by atoms with E-state index in [0.717, 1.165) is 20.3 Å². The molecule has 6 nitrogen and oxygen atoms in total. The number of halogens is 2. The SMILES string of the molecule is CCOC(=O)C(C)ON=Cc1cc(Br)c(Oc2ccc(OC)cc2)c(Br)c1. The predicted octanol–water partition coefficient (Wildman–Crippen LogP) is 5.31. The molecule has 0 aliphatic carbocycles. The van der Waals surface area contributed by atoms with Crippen LogP contribution in [0.25, 0.3) is 0 Å². The lowest BCUT2D eigenvalue weighted by Crippen LogP contribution is -2.21. The molecule has 0 aliphatic heterocycles. The molecule has 0 amide bonds. The van der Waals surface area contributed by atoms with Gasteiger partial charge in [0.05, 0.1) is 28.9 Å². The maximum absolute atomic E-state index is 11.5. The van der Waals surface area contributed by atoms with Crippen molar-refractivity contribution in [2.24, 2.45) is 5.16 Å². The van der Waals surface area contributed by atoms with Gasteiger partial charge in [0, 0.05) is 0 Å². The van der Waals surface area contributed by atoms with E-state index in [1.165, 1.54) is 6.21 Å². The summed E-state index contributed by atoms with van der Waals surface area (Å²) in [6, 6.07) is 10.9. The van der Waals surface area contributed by atoms with Gasteiger partial charge in [-0.25, -0.2) is 4.79 Å². The van der Waals surface area contributed by atoms with Crippen LogP contribution in [0.5, 0.6) is 17.2 Å². The topological polar surface area (TPSA) is 66.4 Å². The second-order valence-electron chi connectivity index (χ2n) is 5.33. The molecule has 0 bridgehead atoms. The Morgan fingerprint density at radius 3 is 2.30 bits per heavy atom. The third kappa shape index (κ3) is 6.25. The van der Waals surface area contributed by atoms with Crippen molar-refractivity contribution >= 4 is 44.0 Å². The van der Waals surface area contributed by atoms with E-state index < -0.39 is 12.1 Å². The molecule has 0 saturated carbocycles. The summed E-state index contributed by atoms with van der Waals surface area (Å²) >= 11 is 6.98. The number of methoxy groups -OCH3 is 1. The van der Waals surface area contributed by atoms with Crippen molar-refractivity contribution in [1.82, 2.24) is 0 Å². The van der Waals surface area contributed by atoms with Gasteiger partial charge in [0.25, 0.3) is 0 Å². The highest BCUT2D eigenvalue weighted by Crippen LogP contribution is 2.37. The smallest absolute Gasteiger partial charge is 0.349 e. The van der Waals surface area contributed by atoms with Gasteiger partial charge in [-0.15, -0.1) is 0 Å². The molecule has 144 valence electrons. The molecular weight excluding hydrogens is 482 g/mol. The molecular formula is C19H19Br2NO5. The number of hydrogen-bond donors (Lipinski definition) is 0. The van der Waals surface area contributed by atoms with Crippen LogP contribution < -0.4 is 9.47 Å². The van der Waals surface area contributed by atoms with Crippen LogP contribution in [0.3, 0.4) is 0 Å². The minimum Gasteiger partial charge on any atom is -0.497 e. The third-order valence-electron chi connectivity index (χ3n) is 3.34. The highest BCUT2D eigenvalue weighted by atomic mass is 79.9. The second kappa shape index (κ2) is 10.3. The number of ether oxygens (including phenoxy) is 3. The fraction of sp³-hybridized carbons (Fsp3) is 0.263. The first kappa shape index (κ1) is 21.2. The summed E-state index contributed by atoms with van der Waals surface area (Å²) in [5, 5.41) is 3.84. The normalized spacial score (nSPS) is 11.9. The van der Waals surface area contributed by atoms with Gasteiger partial charge in [-0.2, -0.15) is 0 Å². The number of rotatable bonds is 8. The summed E-state index contributed by atoms with van der Waals surface area (Å²) in [4.78, 5) is 16.6. The lowest BCUT2D eigenvalue weighted by Gasteiger charge is -2.11. The molecule has 0 heterocycles. The summed E-state index contributed by atoms with van der Waals surface area (Å²) in [7, 11) is 1.61. The summed E-state index contributed by atoms with van der Waals surface area (Å²) in [6.07, 6.45) is 0.730. The molecule has 0 aromatic heterocycles. The first-order chi connectivity index (χ1) is 12.9. The number of hydrogen-bond acceptors (Lipinski definition) is 6. The van der Waals surface area contributed by atoms with Crippen LogP contribution in [0, 0.1) is 0 Å². The van der Waals surface area contributed by atoms with Crippen molar-refractivity contribution in [3.63, 3.8) is 0 Å². The van der Waals surface area contributed by atoms with Gasteiger partial charge in [0.1, 0.15) is 11.5 Å². The van der Waals surface area contributed by atoms with Crippen LogP contribution in [0.2, 0.25) is 0 Å². The Labute approximate surface area is 174 Å². The van der Waals surface area contributed by atoms with E-state index >= 15 is 0 Å². The van der Waals surface area contributed by atoms with E-state index in [4.69, 9.17) is 19.0 Å². The van der Waals surface area contributed by atoms with Crippen LogP contribution in [0.15, 0.2) is 50.5 Å². The fourth-order valence-corrected chi connectivity index (χ4v) is 3.38. The van der Waals surface area contributed by atoms with Gasteiger partial charge < -0.3 is 19.0 Å². The zero-order chi connectivity index (χ0) is 19.8. The Kier molecular flexibility index (Phi) is 8.12. The van der Waals surface area contributed by atoms with E-state index in [-0.39, 0.29) is 0 Å². The van der Waals surface area contributed by atoms with Crippen molar-refractivity contribution in [2.75, 3.05) is 13.7 Å². The van der Waals surface area contributed by atoms with Crippen LogP contribution >= 0.6 is 31.9 Å². The largest absolute Gasteiger partial charge is 0.497 e. The maximum atomic E-state index is 11.5. The zero-order valence-electron chi connectivity index (χ0n) is 15.1. The minimum absolute atomic E-state index is 0.297. The summed E-state index contributed by atoms with van der Waals surface area (Å²) in [5.41, 5.74) is 0.756. The number of nitrogens with zero attached hydrogens (tertiary/aromatic N) is 1. The quantitative estimate of drug-likeness (QED) is 0.279. The second-order valence-corrected chi connectivity index (χ2v) is 7.03. The Bertz CT molecular complexity index is 785. The van der Waals surface area contributed by atoms with E-state index in [0.29, 0.717) is 18.1 Å². The molecule has 0 N–H and O–H groups in total. The van der Waals surface area contributed by atoms with Crippen LogP contribution in [-0.2, 0) is 14.4 Å². The van der Waals surface area contributed by atoms with E-state index in [1.54, 1.807) is 21.0 Å². The van der Waals surface area contributed by atoms with Gasteiger partial charge in [0.2, 0.25) is 6.10 Å². The van der Waals surface area contributed by atoms with Crippen LogP contribution in [-0.4, -0.2) is 32.0 Å². The number of carbonyl (C=O) groups excluding carboxylic acids is 1. The number of benzene rings is 2. The number of esters is 1. The molecule has 2 rings (SSSR count). The molecule has 1 atom stereocenters. The Morgan fingerprint density at radius 1 is 1.15 bits per heavy atom. The molecule has 0 saturated heterocycles. The van der Waals surface area contributed by atoms with Gasteiger partial charge in [-0.1, -0.05) is 5.16 Å². The maximum Gasteiger partial charge on any atom is 0.349 e. The minimum atomic E-state index is -0.772. The molecule has 0 radical (unpaired) electrons. The lowest BCUT2D eigenvalue weighted by molar-refractivity contribution is -0.155. The molecule has 27 heavy (non-hydrogen) atoms. The van der Waals surface area contributed by atoms with Crippen molar-refractivity contribution < 1.29 is 23.8 Å². The highest BCUT2D eigenvalue weighted by Gasteiger charge is 2.15. The Hall–Kier alpha value is -2.06. The molecule has 2 aromatic rings. The van der Waals surface area contributed by atoms with Gasteiger partial charge in [-0.3, -0.25) is 0 Å². The van der Waals surface area contributed by atoms with Gasteiger partial charge in [0.15, 0.2) is 5.75 Å². The molecule has 2 aromatic carbocycles. The fourth-order valence-electron chi connectivity index (χ4n) is 2.00. The molecule has 0 fully saturated rings. The molecule has 8 heteroatoms. The van der Waals surface area contributed by atoms with Crippen LogP contribution in [0.1, 0.15) is 19.4 Å². The molecule has 0 aliphatic rings. The first-order valence-corrected chi connectivity index (χ1v) is 9.70. The van der Waals surface area contributed by atoms with Crippen LogP contribution in [0.4, 0.5) is 0 Å². The summed E-state index contributed by atoms with van der Waals surface area (Å²) in [5.74, 6) is 1.59. The Balaban J connectivity index is 2.07. The van der Waals surface area contributed by atoms with Gasteiger partial charge >= 0.3 is 5.97 Å². The van der Waals surface area contributed by atoms with Crippen molar-refractivity contribution in [3.8, 4) is 17.2 Å². The first-order valence-electron chi connectivity index (χ1n) is 8.11. The molecule has 1 unspecified atom stereocenters. The van der Waals surface area contributed by atoms with Crippen molar-refractivity contribution in [2.45, 2.75) is 20.0 Å². The summed E-state index contributed by atoms with van der Waals surface area (Å²) in [6.45, 7) is 3.61. The van der Waals surface area contributed by atoms with E-state index in [1.807, 2.05) is 36.4 Å². The zero-order valence-corrected chi connectivity index (χ0v) is 18.2. The number of carbonyl (C=O) groups is 1. The third-order valence-corrected chi connectivity index (χ3v) is 4.52. The lowest BCUT2D eigenvalue weighted by atomic mass is 10.2. The number of oxime groups is 1. The standard InChI is InChI=1S/C19H19Br2NO5/c1-4-25-19(23)12(2)27-22-11-13-9-16(20)18(17(21)10-13)26-15-7-5-14(24-3)6-8-15/h5-12H,4H2,1-3H3. The monoisotopic (exact) mass is 499 g/mol. The molecule has 0 spiro atoms. The average molecular weight is 501 g/mol. The average Bonchev–Trinajstić information content (AvgIpc) is 2.65. The Morgan fingerprint density at radius 2 is 1.74 bits per heavy atom. The highest BCUT2D eigenvalue weighted by molar-refractivity contribution is 9.11.